The fourth-order valence-electron chi connectivity index (χ4n) is 3.13. The van der Waals surface area contributed by atoms with E-state index in [0.29, 0.717) is 23.2 Å². The Hall–Kier alpha value is -2.83. The number of benzene rings is 2. The number of rotatable bonds is 5. The van der Waals surface area contributed by atoms with Crippen LogP contribution in [0.5, 0.6) is 11.5 Å². The van der Waals surface area contributed by atoms with Crippen molar-refractivity contribution in [1.82, 2.24) is 9.88 Å². The average Bonchev–Trinajstić information content (AvgIpc) is 3.18. The number of fused-ring (bicyclic) bond motifs is 1. The molecule has 0 bridgehead atoms. The standard InChI is InChI=1S/C22H20ClN3O2S/c1-15-9-18(23)5-6-19(15)25-22(29)26(13-17-3-2-8-24-11-17)12-16-4-7-20-21(10-16)28-14-27-20/h2-11H,12-14H2,1H3,(H,25,29). The van der Waals surface area contributed by atoms with Crippen molar-refractivity contribution in [3.8, 4) is 11.5 Å². The average molecular weight is 426 g/mol. The first-order valence-electron chi connectivity index (χ1n) is 9.18. The van der Waals surface area contributed by atoms with Crippen LogP contribution in [-0.2, 0) is 13.1 Å². The van der Waals surface area contributed by atoms with Gasteiger partial charge in [0.2, 0.25) is 6.79 Å². The lowest BCUT2D eigenvalue weighted by atomic mass is 10.1. The first-order valence-corrected chi connectivity index (χ1v) is 9.96. The smallest absolute Gasteiger partial charge is 0.231 e. The van der Waals surface area contributed by atoms with Crippen LogP contribution in [0.2, 0.25) is 5.02 Å². The molecule has 0 radical (unpaired) electrons. The van der Waals surface area contributed by atoms with E-state index in [9.17, 15) is 0 Å². The predicted molar refractivity (Wildman–Crippen MR) is 118 cm³/mol. The van der Waals surface area contributed by atoms with Crippen LogP contribution < -0.4 is 14.8 Å². The zero-order valence-corrected chi connectivity index (χ0v) is 17.5. The van der Waals surface area contributed by atoms with Crippen molar-refractivity contribution in [2.45, 2.75) is 20.0 Å². The Kier molecular flexibility index (Phi) is 5.83. The third-order valence-electron chi connectivity index (χ3n) is 4.62. The van der Waals surface area contributed by atoms with Gasteiger partial charge in [0.25, 0.3) is 0 Å². The number of anilines is 1. The Morgan fingerprint density at radius 3 is 2.72 bits per heavy atom. The third kappa shape index (κ3) is 4.78. The summed E-state index contributed by atoms with van der Waals surface area (Å²) in [4.78, 5) is 6.31. The molecule has 0 saturated heterocycles. The van der Waals surface area contributed by atoms with Gasteiger partial charge in [-0.05, 0) is 72.2 Å². The van der Waals surface area contributed by atoms with Crippen molar-refractivity contribution in [3.63, 3.8) is 0 Å². The Morgan fingerprint density at radius 2 is 1.93 bits per heavy atom. The molecule has 1 N–H and O–H groups in total. The van der Waals surface area contributed by atoms with Crippen LogP contribution in [-0.4, -0.2) is 21.8 Å². The maximum absolute atomic E-state index is 6.08. The first kappa shape index (κ1) is 19.5. The minimum atomic E-state index is 0.258. The monoisotopic (exact) mass is 425 g/mol. The molecule has 2 heterocycles. The number of aryl methyl sites for hydroxylation is 1. The molecule has 0 unspecified atom stereocenters. The van der Waals surface area contributed by atoms with E-state index in [0.717, 1.165) is 33.9 Å². The van der Waals surface area contributed by atoms with Crippen molar-refractivity contribution in [3.05, 3.63) is 82.6 Å². The van der Waals surface area contributed by atoms with Gasteiger partial charge in [-0.15, -0.1) is 0 Å². The molecule has 7 heteroatoms. The van der Waals surface area contributed by atoms with Crippen LogP contribution in [0.15, 0.2) is 60.9 Å². The second-order valence-electron chi connectivity index (χ2n) is 6.79. The molecule has 0 aliphatic carbocycles. The fourth-order valence-corrected chi connectivity index (χ4v) is 3.60. The highest BCUT2D eigenvalue weighted by Crippen LogP contribution is 2.33. The maximum Gasteiger partial charge on any atom is 0.231 e. The molecule has 1 aromatic heterocycles. The van der Waals surface area contributed by atoms with Gasteiger partial charge in [-0.1, -0.05) is 23.7 Å². The minimum Gasteiger partial charge on any atom is -0.454 e. The number of nitrogens with one attached hydrogen (secondary N) is 1. The second kappa shape index (κ2) is 8.68. The van der Waals surface area contributed by atoms with Crippen molar-refractivity contribution >= 4 is 34.6 Å². The molecule has 1 aliphatic rings. The Bertz CT molecular complexity index is 1030. The lowest BCUT2D eigenvalue weighted by Crippen LogP contribution is -2.34. The minimum absolute atomic E-state index is 0.258. The molecule has 29 heavy (non-hydrogen) atoms. The van der Waals surface area contributed by atoms with Gasteiger partial charge in [0.05, 0.1) is 0 Å². The highest BCUT2D eigenvalue weighted by molar-refractivity contribution is 7.80. The van der Waals surface area contributed by atoms with Gasteiger partial charge in [0.1, 0.15) is 0 Å². The summed E-state index contributed by atoms with van der Waals surface area (Å²) >= 11 is 11.8. The Labute approximate surface area is 180 Å². The molecule has 2 aromatic carbocycles. The quantitative estimate of drug-likeness (QED) is 0.569. The Balaban J connectivity index is 1.56. The Morgan fingerprint density at radius 1 is 1.10 bits per heavy atom. The maximum atomic E-state index is 6.08. The van der Waals surface area contributed by atoms with Gasteiger partial charge in [-0.3, -0.25) is 4.98 Å². The predicted octanol–water partition coefficient (Wildman–Crippen LogP) is 5.17. The normalized spacial score (nSPS) is 11.9. The summed E-state index contributed by atoms with van der Waals surface area (Å²) in [6, 6.07) is 15.6. The zero-order chi connectivity index (χ0) is 20.2. The molecular weight excluding hydrogens is 406 g/mol. The van der Waals surface area contributed by atoms with Gasteiger partial charge in [-0.25, -0.2) is 0 Å². The molecular formula is C22H20ClN3O2S. The SMILES string of the molecule is Cc1cc(Cl)ccc1NC(=S)N(Cc1cccnc1)Cc1ccc2c(c1)OCO2. The van der Waals surface area contributed by atoms with Gasteiger partial charge in [0.15, 0.2) is 16.6 Å². The number of thiocarbonyl (C=S) groups is 1. The summed E-state index contributed by atoms with van der Waals surface area (Å²) in [6.45, 7) is 3.50. The number of nitrogens with zero attached hydrogens (tertiary/aromatic N) is 2. The summed E-state index contributed by atoms with van der Waals surface area (Å²) in [5.74, 6) is 1.53. The molecule has 5 nitrogen and oxygen atoms in total. The van der Waals surface area contributed by atoms with Crippen molar-refractivity contribution in [2.24, 2.45) is 0 Å². The lowest BCUT2D eigenvalue weighted by Gasteiger charge is -2.26. The third-order valence-corrected chi connectivity index (χ3v) is 5.22. The van der Waals surface area contributed by atoms with Crippen molar-refractivity contribution < 1.29 is 9.47 Å². The molecule has 0 spiro atoms. The van der Waals surface area contributed by atoms with Gasteiger partial charge in [-0.2, -0.15) is 0 Å². The number of hydrogen-bond donors (Lipinski definition) is 1. The summed E-state index contributed by atoms with van der Waals surface area (Å²) in [6.07, 6.45) is 3.61. The van der Waals surface area contributed by atoms with Crippen molar-refractivity contribution in [1.29, 1.82) is 0 Å². The van der Waals surface area contributed by atoms with E-state index in [-0.39, 0.29) is 6.79 Å². The van der Waals surface area contributed by atoms with Crippen LogP contribution in [0.4, 0.5) is 5.69 Å². The molecule has 0 saturated carbocycles. The molecule has 4 rings (SSSR count). The van der Waals surface area contributed by atoms with E-state index < -0.39 is 0 Å². The second-order valence-corrected chi connectivity index (χ2v) is 7.62. The molecule has 148 valence electrons. The van der Waals surface area contributed by atoms with Crippen LogP contribution in [0.25, 0.3) is 0 Å². The number of hydrogen-bond acceptors (Lipinski definition) is 4. The molecule has 0 atom stereocenters. The van der Waals surface area contributed by atoms with Crippen LogP contribution >= 0.6 is 23.8 Å². The van der Waals surface area contributed by atoms with E-state index in [1.165, 1.54) is 0 Å². The molecule has 1 aliphatic heterocycles. The summed E-state index contributed by atoms with van der Waals surface area (Å²) < 4.78 is 10.9. The van der Waals surface area contributed by atoms with Gasteiger partial charge < -0.3 is 19.7 Å². The number of halogens is 1. The van der Waals surface area contributed by atoms with E-state index in [2.05, 4.69) is 15.2 Å². The largest absolute Gasteiger partial charge is 0.454 e. The lowest BCUT2D eigenvalue weighted by molar-refractivity contribution is 0.174. The number of aromatic nitrogens is 1. The summed E-state index contributed by atoms with van der Waals surface area (Å²) in [5.41, 5.74) is 4.12. The molecule has 3 aromatic rings. The summed E-state index contributed by atoms with van der Waals surface area (Å²) in [5, 5.41) is 4.68. The van der Waals surface area contributed by atoms with Gasteiger partial charge in [0, 0.05) is 36.2 Å². The topological polar surface area (TPSA) is 46.6 Å². The van der Waals surface area contributed by atoms with Crippen LogP contribution in [0.3, 0.4) is 0 Å². The molecule has 0 fully saturated rings. The molecule has 0 amide bonds. The highest BCUT2D eigenvalue weighted by atomic mass is 35.5. The van der Waals surface area contributed by atoms with Gasteiger partial charge >= 0.3 is 0 Å². The van der Waals surface area contributed by atoms with Crippen LogP contribution in [0, 0.1) is 6.92 Å². The summed E-state index contributed by atoms with van der Waals surface area (Å²) in [7, 11) is 0. The van der Waals surface area contributed by atoms with Crippen molar-refractivity contribution in [2.75, 3.05) is 12.1 Å². The van der Waals surface area contributed by atoms with Crippen LogP contribution in [0.1, 0.15) is 16.7 Å². The fraction of sp³-hybridized carbons (Fsp3) is 0.182. The number of ether oxygens (including phenoxy) is 2. The first-order chi connectivity index (χ1) is 14.1. The van der Waals surface area contributed by atoms with E-state index in [4.69, 9.17) is 33.3 Å². The zero-order valence-electron chi connectivity index (χ0n) is 15.9. The van der Waals surface area contributed by atoms with E-state index in [1.807, 2.05) is 61.7 Å². The number of pyridine rings is 1. The highest BCUT2D eigenvalue weighted by Gasteiger charge is 2.17. The van der Waals surface area contributed by atoms with E-state index >= 15 is 0 Å². The van der Waals surface area contributed by atoms with E-state index in [1.54, 1.807) is 6.20 Å².